The largest absolute Gasteiger partial charge is 0.356 e. The van der Waals surface area contributed by atoms with Crippen molar-refractivity contribution in [1.29, 1.82) is 0 Å². The van der Waals surface area contributed by atoms with Gasteiger partial charge in [-0.25, -0.2) is 4.98 Å². The number of piperidine rings is 1. The fraction of sp³-hybridized carbons (Fsp3) is 0.692. The number of hydrogen-bond donors (Lipinski definition) is 1. The molecule has 18 heavy (non-hydrogen) atoms. The average Bonchev–Trinajstić information content (AvgIpc) is 2.87. The quantitative estimate of drug-likeness (QED) is 0.845. The van der Waals surface area contributed by atoms with Crippen molar-refractivity contribution in [3.63, 3.8) is 0 Å². The molecule has 0 saturated carbocycles. The van der Waals surface area contributed by atoms with Crippen LogP contribution in [0.15, 0.2) is 12.3 Å². The van der Waals surface area contributed by atoms with Crippen molar-refractivity contribution in [1.82, 2.24) is 9.97 Å². The van der Waals surface area contributed by atoms with Gasteiger partial charge < -0.3 is 15.5 Å². The highest BCUT2D eigenvalue weighted by Crippen LogP contribution is 2.21. The molecule has 5 heteroatoms. The number of aromatic nitrogens is 2. The molecular formula is C13H21N5. The Kier molecular flexibility index (Phi) is 3.32. The van der Waals surface area contributed by atoms with E-state index >= 15 is 0 Å². The number of hydrogen-bond acceptors (Lipinski definition) is 5. The van der Waals surface area contributed by atoms with Crippen molar-refractivity contribution in [3.05, 3.63) is 12.3 Å². The third kappa shape index (κ3) is 2.41. The molecule has 5 nitrogen and oxygen atoms in total. The van der Waals surface area contributed by atoms with E-state index in [-0.39, 0.29) is 6.04 Å². The van der Waals surface area contributed by atoms with Gasteiger partial charge in [0.1, 0.15) is 5.82 Å². The number of anilines is 2. The predicted octanol–water partition coefficient (Wildman–Crippen LogP) is 1.00. The summed E-state index contributed by atoms with van der Waals surface area (Å²) in [4.78, 5) is 13.6. The Morgan fingerprint density at radius 2 is 1.94 bits per heavy atom. The van der Waals surface area contributed by atoms with Crippen molar-refractivity contribution >= 4 is 11.8 Å². The maximum atomic E-state index is 5.94. The first-order valence-electron chi connectivity index (χ1n) is 6.91. The number of nitrogens with zero attached hydrogens (tertiary/aromatic N) is 4. The van der Waals surface area contributed by atoms with Gasteiger partial charge in [0.2, 0.25) is 5.95 Å². The van der Waals surface area contributed by atoms with Gasteiger partial charge in [0.25, 0.3) is 0 Å². The van der Waals surface area contributed by atoms with Crippen LogP contribution in [0, 0.1) is 0 Å². The standard InChI is InChI=1S/C13H21N5/c14-11-5-9-18(10-11)13-15-6-4-12(16-13)17-7-2-1-3-8-17/h4,6,11H,1-3,5,7-10,14H2. The molecule has 3 heterocycles. The molecule has 98 valence electrons. The molecule has 0 radical (unpaired) electrons. The Labute approximate surface area is 108 Å². The van der Waals surface area contributed by atoms with Gasteiger partial charge in [-0.15, -0.1) is 0 Å². The third-order valence-electron chi connectivity index (χ3n) is 3.82. The number of nitrogens with two attached hydrogens (primary N) is 1. The SMILES string of the molecule is NC1CCN(c2nccc(N3CCCCC3)n2)C1. The van der Waals surface area contributed by atoms with Crippen LogP contribution in [0.1, 0.15) is 25.7 Å². The van der Waals surface area contributed by atoms with Crippen LogP contribution in [0.2, 0.25) is 0 Å². The molecule has 2 saturated heterocycles. The number of rotatable bonds is 2. The molecule has 0 aliphatic carbocycles. The normalized spacial score (nSPS) is 24.6. The van der Waals surface area contributed by atoms with Crippen LogP contribution >= 0.6 is 0 Å². The molecule has 1 unspecified atom stereocenters. The molecule has 3 rings (SSSR count). The molecule has 1 aromatic heterocycles. The van der Waals surface area contributed by atoms with E-state index in [0.717, 1.165) is 44.4 Å². The molecule has 2 aliphatic heterocycles. The van der Waals surface area contributed by atoms with Crippen LogP contribution in [0.25, 0.3) is 0 Å². The fourth-order valence-corrected chi connectivity index (χ4v) is 2.76. The van der Waals surface area contributed by atoms with Gasteiger partial charge >= 0.3 is 0 Å². The molecule has 0 amide bonds. The van der Waals surface area contributed by atoms with Crippen molar-refractivity contribution in [3.8, 4) is 0 Å². The first-order chi connectivity index (χ1) is 8.83. The minimum absolute atomic E-state index is 0.271. The zero-order chi connectivity index (χ0) is 12.4. The van der Waals surface area contributed by atoms with Crippen LogP contribution < -0.4 is 15.5 Å². The highest BCUT2D eigenvalue weighted by molar-refractivity contribution is 5.44. The van der Waals surface area contributed by atoms with E-state index in [0.29, 0.717) is 0 Å². The summed E-state index contributed by atoms with van der Waals surface area (Å²) in [6.07, 6.45) is 6.80. The molecule has 0 bridgehead atoms. The van der Waals surface area contributed by atoms with E-state index < -0.39 is 0 Å². The monoisotopic (exact) mass is 247 g/mol. The van der Waals surface area contributed by atoms with Gasteiger partial charge in [0.05, 0.1) is 0 Å². The third-order valence-corrected chi connectivity index (χ3v) is 3.82. The highest BCUT2D eigenvalue weighted by atomic mass is 15.3. The van der Waals surface area contributed by atoms with Crippen molar-refractivity contribution in [2.75, 3.05) is 36.0 Å². The van der Waals surface area contributed by atoms with Crippen molar-refractivity contribution < 1.29 is 0 Å². The molecule has 2 fully saturated rings. The molecule has 0 aromatic carbocycles. The van der Waals surface area contributed by atoms with Crippen LogP contribution in [-0.4, -0.2) is 42.2 Å². The average molecular weight is 247 g/mol. The molecule has 1 aromatic rings. The minimum atomic E-state index is 0.271. The van der Waals surface area contributed by atoms with E-state index in [4.69, 9.17) is 10.7 Å². The summed E-state index contributed by atoms with van der Waals surface area (Å²) >= 11 is 0. The zero-order valence-corrected chi connectivity index (χ0v) is 10.8. The maximum absolute atomic E-state index is 5.94. The molecular weight excluding hydrogens is 226 g/mol. The van der Waals surface area contributed by atoms with E-state index in [2.05, 4.69) is 14.8 Å². The Bertz CT molecular complexity index is 382. The lowest BCUT2D eigenvalue weighted by molar-refractivity contribution is 0.573. The highest BCUT2D eigenvalue weighted by Gasteiger charge is 2.22. The second-order valence-corrected chi connectivity index (χ2v) is 5.26. The predicted molar refractivity (Wildman–Crippen MR) is 72.9 cm³/mol. The van der Waals surface area contributed by atoms with Crippen LogP contribution in [0.3, 0.4) is 0 Å². The van der Waals surface area contributed by atoms with Crippen LogP contribution in [-0.2, 0) is 0 Å². The van der Waals surface area contributed by atoms with Crippen LogP contribution in [0.4, 0.5) is 11.8 Å². The Balaban J connectivity index is 1.76. The lowest BCUT2D eigenvalue weighted by Gasteiger charge is -2.28. The first-order valence-corrected chi connectivity index (χ1v) is 6.91. The second kappa shape index (κ2) is 5.10. The van der Waals surface area contributed by atoms with Gasteiger partial charge in [-0.05, 0) is 31.7 Å². The smallest absolute Gasteiger partial charge is 0.227 e. The Morgan fingerprint density at radius 1 is 1.11 bits per heavy atom. The summed E-state index contributed by atoms with van der Waals surface area (Å²) in [5, 5.41) is 0. The van der Waals surface area contributed by atoms with Crippen molar-refractivity contribution in [2.24, 2.45) is 5.73 Å². The summed E-state index contributed by atoms with van der Waals surface area (Å²) in [6, 6.07) is 2.29. The summed E-state index contributed by atoms with van der Waals surface area (Å²) in [5.74, 6) is 1.91. The fourth-order valence-electron chi connectivity index (χ4n) is 2.76. The minimum Gasteiger partial charge on any atom is -0.356 e. The van der Waals surface area contributed by atoms with Gasteiger partial charge in [0.15, 0.2) is 0 Å². The van der Waals surface area contributed by atoms with Crippen molar-refractivity contribution in [2.45, 2.75) is 31.7 Å². The van der Waals surface area contributed by atoms with Gasteiger partial charge in [-0.3, -0.25) is 0 Å². The molecule has 0 spiro atoms. The van der Waals surface area contributed by atoms with Gasteiger partial charge in [0, 0.05) is 38.4 Å². The van der Waals surface area contributed by atoms with E-state index in [9.17, 15) is 0 Å². The Morgan fingerprint density at radius 3 is 2.67 bits per heavy atom. The van der Waals surface area contributed by atoms with Gasteiger partial charge in [-0.2, -0.15) is 4.98 Å². The van der Waals surface area contributed by atoms with Crippen LogP contribution in [0.5, 0.6) is 0 Å². The van der Waals surface area contributed by atoms with E-state index in [1.54, 1.807) is 0 Å². The van der Waals surface area contributed by atoms with Gasteiger partial charge in [-0.1, -0.05) is 0 Å². The van der Waals surface area contributed by atoms with E-state index in [1.807, 2.05) is 12.3 Å². The molecule has 1 atom stereocenters. The zero-order valence-electron chi connectivity index (χ0n) is 10.8. The summed E-state index contributed by atoms with van der Waals surface area (Å²) in [7, 11) is 0. The summed E-state index contributed by atoms with van der Waals surface area (Å²) in [5.41, 5.74) is 5.94. The topological polar surface area (TPSA) is 58.3 Å². The second-order valence-electron chi connectivity index (χ2n) is 5.26. The summed E-state index contributed by atoms with van der Waals surface area (Å²) < 4.78 is 0. The Hall–Kier alpha value is -1.36. The lowest BCUT2D eigenvalue weighted by Crippen LogP contribution is -2.31. The maximum Gasteiger partial charge on any atom is 0.227 e. The van der Waals surface area contributed by atoms with E-state index in [1.165, 1.54) is 19.3 Å². The lowest BCUT2D eigenvalue weighted by atomic mass is 10.1. The molecule has 2 aliphatic rings. The molecule has 2 N–H and O–H groups in total. The first kappa shape index (κ1) is 11.7. The summed E-state index contributed by atoms with van der Waals surface area (Å²) in [6.45, 7) is 4.10.